The lowest BCUT2D eigenvalue weighted by Gasteiger charge is -2.27. The van der Waals surface area contributed by atoms with Crippen LogP contribution in [0.25, 0.3) is 0 Å². The normalized spacial score (nSPS) is 17.8. The van der Waals surface area contributed by atoms with Gasteiger partial charge in [-0.25, -0.2) is 0 Å². The van der Waals surface area contributed by atoms with E-state index in [-0.39, 0.29) is 0 Å². The topological polar surface area (TPSA) is 29.9 Å². The summed E-state index contributed by atoms with van der Waals surface area (Å²) in [7, 11) is 0. The van der Waals surface area contributed by atoms with Crippen LogP contribution < -0.4 is 5.32 Å². The predicted octanol–water partition coefficient (Wildman–Crippen LogP) is 3.99. The highest BCUT2D eigenvalue weighted by atomic mass is 79.9. The highest BCUT2D eigenvalue weighted by Gasteiger charge is 2.32. The molecule has 1 aliphatic rings. The fourth-order valence-corrected chi connectivity index (χ4v) is 4.72. The Morgan fingerprint density at radius 2 is 2.05 bits per heavy atom. The van der Waals surface area contributed by atoms with Crippen molar-refractivity contribution in [1.29, 1.82) is 0 Å². The Morgan fingerprint density at radius 1 is 1.35 bits per heavy atom. The minimum atomic E-state index is 0.469. The number of hydrogen-bond donors (Lipinski definition) is 1. The van der Waals surface area contributed by atoms with E-state index >= 15 is 0 Å². The summed E-state index contributed by atoms with van der Waals surface area (Å²) in [6.45, 7) is 7.26. The molecule has 114 valence electrons. The van der Waals surface area contributed by atoms with Crippen molar-refractivity contribution >= 4 is 27.7 Å². The molecule has 0 aromatic carbocycles. The monoisotopic (exact) mass is 359 g/mol. The van der Waals surface area contributed by atoms with Gasteiger partial charge >= 0.3 is 0 Å². The summed E-state index contributed by atoms with van der Waals surface area (Å²) in [6, 6.07) is 0. The molecule has 1 aromatic rings. The second kappa shape index (κ2) is 7.32. The van der Waals surface area contributed by atoms with Crippen molar-refractivity contribution in [1.82, 2.24) is 15.1 Å². The zero-order valence-electron chi connectivity index (χ0n) is 12.8. The average Bonchev–Trinajstić information content (AvgIpc) is 3.05. The van der Waals surface area contributed by atoms with Gasteiger partial charge in [0.25, 0.3) is 0 Å². The maximum Gasteiger partial charge on any atom is 0.0767 e. The molecule has 1 saturated carbocycles. The van der Waals surface area contributed by atoms with Gasteiger partial charge in [-0.3, -0.25) is 4.68 Å². The standard InChI is InChI=1S/C15H26BrN3S/c1-4-12-14(16)13(19(5-2)18-12)10-17-11-15(20-3)8-6-7-9-15/h17H,4-11H2,1-3H3. The second-order valence-corrected chi connectivity index (χ2v) is 7.64. The molecular weight excluding hydrogens is 334 g/mol. The molecule has 1 N–H and O–H groups in total. The third-order valence-corrected chi connectivity index (χ3v) is 6.72. The number of aromatic nitrogens is 2. The fraction of sp³-hybridized carbons (Fsp3) is 0.800. The summed E-state index contributed by atoms with van der Waals surface area (Å²) in [5, 5.41) is 8.34. The molecule has 2 rings (SSSR count). The van der Waals surface area contributed by atoms with Crippen molar-refractivity contribution in [2.45, 2.75) is 63.8 Å². The van der Waals surface area contributed by atoms with E-state index in [1.165, 1.54) is 41.5 Å². The van der Waals surface area contributed by atoms with E-state index in [1.807, 2.05) is 11.8 Å². The largest absolute Gasteiger partial charge is 0.310 e. The van der Waals surface area contributed by atoms with E-state index < -0.39 is 0 Å². The minimum Gasteiger partial charge on any atom is -0.310 e. The van der Waals surface area contributed by atoms with Gasteiger partial charge in [0.05, 0.1) is 15.9 Å². The number of aryl methyl sites for hydroxylation is 2. The zero-order valence-corrected chi connectivity index (χ0v) is 15.2. The van der Waals surface area contributed by atoms with Gasteiger partial charge in [0, 0.05) is 24.4 Å². The Morgan fingerprint density at radius 3 is 2.60 bits per heavy atom. The average molecular weight is 360 g/mol. The Bertz CT molecular complexity index is 439. The maximum atomic E-state index is 4.66. The van der Waals surface area contributed by atoms with Crippen LogP contribution in [0.3, 0.4) is 0 Å². The van der Waals surface area contributed by atoms with Gasteiger partial charge in [0.2, 0.25) is 0 Å². The minimum absolute atomic E-state index is 0.469. The molecule has 5 heteroatoms. The van der Waals surface area contributed by atoms with Crippen molar-refractivity contribution in [2.75, 3.05) is 12.8 Å². The molecule has 0 atom stereocenters. The van der Waals surface area contributed by atoms with E-state index in [0.29, 0.717) is 4.75 Å². The molecule has 1 heterocycles. The molecule has 0 bridgehead atoms. The first-order valence-electron chi connectivity index (χ1n) is 7.65. The first-order valence-corrected chi connectivity index (χ1v) is 9.67. The van der Waals surface area contributed by atoms with Crippen LogP contribution in [0.1, 0.15) is 50.9 Å². The van der Waals surface area contributed by atoms with Crippen molar-refractivity contribution in [2.24, 2.45) is 0 Å². The molecule has 1 aliphatic carbocycles. The molecule has 0 saturated heterocycles. The van der Waals surface area contributed by atoms with Crippen LogP contribution >= 0.6 is 27.7 Å². The first-order chi connectivity index (χ1) is 9.65. The molecule has 1 aromatic heterocycles. The fourth-order valence-electron chi connectivity index (χ4n) is 3.07. The summed E-state index contributed by atoms with van der Waals surface area (Å²) in [6.07, 6.45) is 8.73. The number of nitrogens with zero attached hydrogens (tertiary/aromatic N) is 2. The van der Waals surface area contributed by atoms with Crippen LogP contribution in [0.5, 0.6) is 0 Å². The number of hydrogen-bond acceptors (Lipinski definition) is 3. The predicted molar refractivity (Wildman–Crippen MR) is 91.4 cm³/mol. The van der Waals surface area contributed by atoms with Crippen LogP contribution in [0.2, 0.25) is 0 Å². The molecule has 0 unspecified atom stereocenters. The van der Waals surface area contributed by atoms with Crippen LogP contribution in [0.15, 0.2) is 4.47 Å². The highest BCUT2D eigenvalue weighted by Crippen LogP contribution is 2.39. The summed E-state index contributed by atoms with van der Waals surface area (Å²) < 4.78 is 3.78. The van der Waals surface area contributed by atoms with Crippen molar-refractivity contribution in [3.63, 3.8) is 0 Å². The summed E-state index contributed by atoms with van der Waals surface area (Å²) >= 11 is 5.76. The van der Waals surface area contributed by atoms with Gasteiger partial charge in [0.15, 0.2) is 0 Å². The van der Waals surface area contributed by atoms with Gasteiger partial charge in [-0.15, -0.1) is 0 Å². The van der Waals surface area contributed by atoms with Crippen LogP contribution in [-0.2, 0) is 19.5 Å². The molecular formula is C15H26BrN3S. The van der Waals surface area contributed by atoms with E-state index in [9.17, 15) is 0 Å². The molecule has 1 fully saturated rings. The lowest BCUT2D eigenvalue weighted by atomic mass is 10.1. The number of halogens is 1. The SMILES string of the molecule is CCc1nn(CC)c(CNCC2(SC)CCCC2)c1Br. The van der Waals surface area contributed by atoms with Gasteiger partial charge in [0.1, 0.15) is 0 Å². The maximum absolute atomic E-state index is 4.66. The van der Waals surface area contributed by atoms with Crippen molar-refractivity contribution in [3.05, 3.63) is 15.9 Å². The Balaban J connectivity index is 1.98. The van der Waals surface area contributed by atoms with Crippen LogP contribution in [0, 0.1) is 0 Å². The van der Waals surface area contributed by atoms with Gasteiger partial charge < -0.3 is 5.32 Å². The summed E-state index contributed by atoms with van der Waals surface area (Å²) in [5.41, 5.74) is 2.46. The first kappa shape index (κ1) is 16.4. The Kier molecular flexibility index (Phi) is 5.99. The third kappa shape index (κ3) is 3.42. The Labute approximate surface area is 135 Å². The molecule has 0 spiro atoms. The second-order valence-electron chi connectivity index (χ2n) is 5.57. The zero-order chi connectivity index (χ0) is 14.6. The lowest BCUT2D eigenvalue weighted by Crippen LogP contribution is -2.35. The highest BCUT2D eigenvalue weighted by molar-refractivity contribution is 9.10. The van der Waals surface area contributed by atoms with Gasteiger partial charge in [-0.2, -0.15) is 16.9 Å². The van der Waals surface area contributed by atoms with E-state index in [4.69, 9.17) is 0 Å². The molecule has 0 aliphatic heterocycles. The smallest absolute Gasteiger partial charge is 0.0767 e. The number of rotatable bonds is 7. The quantitative estimate of drug-likeness (QED) is 0.797. The van der Waals surface area contributed by atoms with E-state index in [1.54, 1.807) is 0 Å². The van der Waals surface area contributed by atoms with Crippen LogP contribution in [0.4, 0.5) is 0 Å². The van der Waals surface area contributed by atoms with Crippen LogP contribution in [-0.4, -0.2) is 27.3 Å². The summed E-state index contributed by atoms with van der Waals surface area (Å²) in [5.74, 6) is 0. The van der Waals surface area contributed by atoms with Gasteiger partial charge in [-0.05, 0) is 48.4 Å². The third-order valence-electron chi connectivity index (χ3n) is 4.38. The molecule has 3 nitrogen and oxygen atoms in total. The lowest BCUT2D eigenvalue weighted by molar-refractivity contribution is 0.512. The Hall–Kier alpha value is -0.000000000000000111. The molecule has 0 radical (unpaired) electrons. The molecule has 20 heavy (non-hydrogen) atoms. The van der Waals surface area contributed by atoms with E-state index in [0.717, 1.165) is 26.1 Å². The summed E-state index contributed by atoms with van der Waals surface area (Å²) in [4.78, 5) is 0. The van der Waals surface area contributed by atoms with Crippen molar-refractivity contribution < 1.29 is 0 Å². The van der Waals surface area contributed by atoms with Gasteiger partial charge in [-0.1, -0.05) is 19.8 Å². The van der Waals surface area contributed by atoms with E-state index in [2.05, 4.69) is 51.1 Å². The number of thioether (sulfide) groups is 1. The molecule has 0 amide bonds. The number of nitrogens with one attached hydrogen (secondary N) is 1. The van der Waals surface area contributed by atoms with Crippen molar-refractivity contribution in [3.8, 4) is 0 Å².